The van der Waals surface area contributed by atoms with Crippen molar-refractivity contribution < 1.29 is 23.1 Å². The summed E-state index contributed by atoms with van der Waals surface area (Å²) in [4.78, 5) is 24.5. The number of rotatable bonds is 13. The number of amides is 1. The third-order valence-corrected chi connectivity index (χ3v) is 9.03. The quantitative estimate of drug-likeness (QED) is 0.263. The van der Waals surface area contributed by atoms with E-state index in [4.69, 9.17) is 5.73 Å². The standard InChI is InChI=1S/C21H40N4O5S/c1-5-8-15(24-31(29,30)25-16(19(27)28)9-6-7-12-22)18(26)23-17-13-14-10-11-21(17,4)20(14,2)3/h14-17,24-25H,5-13,22H2,1-4H3,(H,23,26)(H,27,28)/t14-,15+,16+,17+,21+/m1/s1. The molecule has 31 heavy (non-hydrogen) atoms. The van der Waals surface area contributed by atoms with Crippen LogP contribution in [0.5, 0.6) is 0 Å². The summed E-state index contributed by atoms with van der Waals surface area (Å²) in [5.74, 6) is -1.05. The molecule has 0 spiro atoms. The van der Waals surface area contributed by atoms with Gasteiger partial charge in [-0.05, 0) is 61.8 Å². The van der Waals surface area contributed by atoms with Gasteiger partial charge in [-0.25, -0.2) is 0 Å². The average molecular weight is 461 g/mol. The zero-order valence-corrected chi connectivity index (χ0v) is 20.1. The molecular weight excluding hydrogens is 420 g/mol. The maximum absolute atomic E-state index is 13.0. The fourth-order valence-corrected chi connectivity index (χ4v) is 6.62. The molecule has 9 nitrogen and oxygen atoms in total. The van der Waals surface area contributed by atoms with Crippen LogP contribution in [0.15, 0.2) is 0 Å². The lowest BCUT2D eigenvalue weighted by molar-refractivity contribution is -0.139. The summed E-state index contributed by atoms with van der Waals surface area (Å²) in [6.45, 7) is 9.00. The van der Waals surface area contributed by atoms with Crippen LogP contribution in [-0.2, 0) is 19.8 Å². The first kappa shape index (κ1) is 26.0. The van der Waals surface area contributed by atoms with E-state index in [1.807, 2.05) is 6.92 Å². The molecule has 2 fully saturated rings. The van der Waals surface area contributed by atoms with Gasteiger partial charge < -0.3 is 16.2 Å². The van der Waals surface area contributed by atoms with E-state index in [9.17, 15) is 23.1 Å². The van der Waals surface area contributed by atoms with Gasteiger partial charge in [-0.2, -0.15) is 17.9 Å². The summed E-state index contributed by atoms with van der Waals surface area (Å²) in [7, 11) is -4.18. The molecule has 2 aliphatic rings. The maximum Gasteiger partial charge on any atom is 0.321 e. The van der Waals surface area contributed by atoms with Crippen LogP contribution in [0.1, 0.15) is 79.1 Å². The lowest BCUT2D eigenvalue weighted by atomic mass is 9.69. The second-order valence-electron chi connectivity index (χ2n) is 9.93. The second kappa shape index (κ2) is 10.1. The molecule has 6 N–H and O–H groups in total. The number of fused-ring (bicyclic) bond motifs is 2. The zero-order chi connectivity index (χ0) is 23.4. The van der Waals surface area contributed by atoms with Gasteiger partial charge >= 0.3 is 5.97 Å². The first-order chi connectivity index (χ1) is 14.4. The Kier molecular flexibility index (Phi) is 8.52. The minimum atomic E-state index is -4.18. The molecule has 0 unspecified atom stereocenters. The van der Waals surface area contributed by atoms with Crippen molar-refractivity contribution in [3.8, 4) is 0 Å². The van der Waals surface area contributed by atoms with Crippen LogP contribution in [0.25, 0.3) is 0 Å². The Bertz CT molecular complexity index is 757. The number of hydrogen-bond donors (Lipinski definition) is 5. The normalized spacial score (nSPS) is 28.9. The van der Waals surface area contributed by atoms with E-state index in [0.717, 1.165) is 19.3 Å². The summed E-state index contributed by atoms with van der Waals surface area (Å²) in [5, 5.41) is 12.5. The van der Waals surface area contributed by atoms with Crippen LogP contribution < -0.4 is 20.5 Å². The van der Waals surface area contributed by atoms with Gasteiger partial charge in [0.05, 0.1) is 0 Å². The van der Waals surface area contributed by atoms with E-state index in [1.165, 1.54) is 0 Å². The molecule has 0 aromatic heterocycles. The molecular formula is C21H40N4O5S. The van der Waals surface area contributed by atoms with Crippen LogP contribution >= 0.6 is 0 Å². The van der Waals surface area contributed by atoms with E-state index in [-0.39, 0.29) is 29.2 Å². The number of carboxylic acids is 1. The number of hydrogen-bond acceptors (Lipinski definition) is 5. The van der Waals surface area contributed by atoms with Gasteiger partial charge in [0.25, 0.3) is 10.2 Å². The molecule has 0 saturated heterocycles. The summed E-state index contributed by atoms with van der Waals surface area (Å²) in [6.07, 6.45) is 5.28. The van der Waals surface area contributed by atoms with Gasteiger partial charge in [0.2, 0.25) is 5.91 Å². The molecule has 2 saturated carbocycles. The van der Waals surface area contributed by atoms with Crippen molar-refractivity contribution in [3.63, 3.8) is 0 Å². The molecule has 0 aromatic rings. The zero-order valence-electron chi connectivity index (χ0n) is 19.2. The molecule has 0 radical (unpaired) electrons. The van der Waals surface area contributed by atoms with Crippen LogP contribution in [0.4, 0.5) is 0 Å². The fourth-order valence-electron chi connectivity index (χ4n) is 5.36. The fraction of sp³-hybridized carbons (Fsp3) is 0.905. The molecule has 10 heteroatoms. The highest BCUT2D eigenvalue weighted by Crippen LogP contribution is 2.65. The van der Waals surface area contributed by atoms with Crippen LogP contribution in [0.2, 0.25) is 0 Å². The van der Waals surface area contributed by atoms with Crippen molar-refractivity contribution >= 4 is 22.1 Å². The molecule has 2 rings (SSSR count). The highest BCUT2D eigenvalue weighted by molar-refractivity contribution is 7.87. The SMILES string of the molecule is CCC[C@H](NS(=O)(=O)N[C@@H](CCCCN)C(=O)O)C(=O)N[C@H]1C[C@H]2CC[C@]1(C)C2(C)C. The second-order valence-corrected chi connectivity index (χ2v) is 11.4. The van der Waals surface area contributed by atoms with Gasteiger partial charge in [0.15, 0.2) is 0 Å². The maximum atomic E-state index is 13.0. The molecule has 5 atom stereocenters. The van der Waals surface area contributed by atoms with Crippen LogP contribution in [0.3, 0.4) is 0 Å². The Morgan fingerprint density at radius 2 is 1.77 bits per heavy atom. The number of aliphatic carboxylic acids is 1. The van der Waals surface area contributed by atoms with Crippen molar-refractivity contribution in [2.24, 2.45) is 22.5 Å². The summed E-state index contributed by atoms with van der Waals surface area (Å²) in [5.41, 5.74) is 5.54. The monoisotopic (exact) mass is 460 g/mol. The minimum absolute atomic E-state index is 0.00796. The van der Waals surface area contributed by atoms with Crippen molar-refractivity contribution in [1.82, 2.24) is 14.8 Å². The van der Waals surface area contributed by atoms with E-state index in [0.29, 0.717) is 38.1 Å². The lowest BCUT2D eigenvalue weighted by Crippen LogP contribution is -2.56. The minimum Gasteiger partial charge on any atom is -0.480 e. The number of nitrogens with one attached hydrogen (secondary N) is 3. The van der Waals surface area contributed by atoms with E-state index in [2.05, 4.69) is 35.5 Å². The molecule has 1 amide bonds. The van der Waals surface area contributed by atoms with E-state index >= 15 is 0 Å². The summed E-state index contributed by atoms with van der Waals surface area (Å²) >= 11 is 0. The molecule has 2 bridgehead atoms. The topological polar surface area (TPSA) is 151 Å². The van der Waals surface area contributed by atoms with Crippen LogP contribution in [-0.4, -0.2) is 50.1 Å². The lowest BCUT2D eigenvalue weighted by Gasteiger charge is -2.40. The first-order valence-electron chi connectivity index (χ1n) is 11.4. The van der Waals surface area contributed by atoms with Gasteiger partial charge in [-0.15, -0.1) is 0 Å². The number of carbonyl (C=O) groups excluding carboxylic acids is 1. The van der Waals surface area contributed by atoms with Crippen molar-refractivity contribution in [3.05, 3.63) is 0 Å². The molecule has 0 aromatic carbocycles. The smallest absolute Gasteiger partial charge is 0.321 e. The third-order valence-electron chi connectivity index (χ3n) is 7.84. The van der Waals surface area contributed by atoms with Crippen molar-refractivity contribution in [2.45, 2.75) is 97.2 Å². The Morgan fingerprint density at radius 1 is 1.13 bits per heavy atom. The molecule has 0 heterocycles. The van der Waals surface area contributed by atoms with E-state index in [1.54, 1.807) is 0 Å². The number of nitrogens with two attached hydrogens (primary N) is 1. The van der Waals surface area contributed by atoms with Gasteiger partial charge in [0.1, 0.15) is 12.1 Å². The third kappa shape index (κ3) is 5.77. The summed E-state index contributed by atoms with van der Waals surface area (Å²) in [6, 6.07) is -2.21. The Hall–Kier alpha value is -1.23. The highest BCUT2D eigenvalue weighted by atomic mass is 32.2. The number of carbonyl (C=O) groups is 2. The summed E-state index contributed by atoms with van der Waals surface area (Å²) < 4.78 is 29.8. The first-order valence-corrected chi connectivity index (χ1v) is 12.9. The van der Waals surface area contributed by atoms with Gasteiger partial charge in [-0.3, -0.25) is 9.59 Å². The number of carboxylic acid groups (broad SMARTS) is 1. The largest absolute Gasteiger partial charge is 0.480 e. The molecule has 2 aliphatic carbocycles. The van der Waals surface area contributed by atoms with Gasteiger partial charge in [0, 0.05) is 6.04 Å². The van der Waals surface area contributed by atoms with Crippen molar-refractivity contribution in [2.75, 3.05) is 6.54 Å². The Labute approximate surface area is 186 Å². The van der Waals surface area contributed by atoms with Gasteiger partial charge in [-0.1, -0.05) is 40.5 Å². The van der Waals surface area contributed by atoms with Crippen molar-refractivity contribution in [1.29, 1.82) is 0 Å². The van der Waals surface area contributed by atoms with E-state index < -0.39 is 28.3 Å². The number of unbranched alkanes of at least 4 members (excludes halogenated alkanes) is 1. The molecule has 180 valence electrons. The highest BCUT2D eigenvalue weighted by Gasteiger charge is 2.61. The Morgan fingerprint density at radius 3 is 2.26 bits per heavy atom. The average Bonchev–Trinajstić information content (AvgIpc) is 3.00. The molecule has 0 aliphatic heterocycles. The predicted octanol–water partition coefficient (Wildman–Crippen LogP) is 1.49. The predicted molar refractivity (Wildman–Crippen MR) is 119 cm³/mol. The Balaban J connectivity index is 2.04. The van der Waals surface area contributed by atoms with Crippen LogP contribution in [0, 0.1) is 16.7 Å².